The molecule has 2 atom stereocenters. The van der Waals surface area contributed by atoms with Crippen LogP contribution in [0.3, 0.4) is 0 Å². The highest BCUT2D eigenvalue weighted by Crippen LogP contribution is 2.33. The summed E-state index contributed by atoms with van der Waals surface area (Å²) in [5.74, 6) is 1.07. The Morgan fingerprint density at radius 3 is 2.55 bits per heavy atom. The van der Waals surface area contributed by atoms with Crippen molar-refractivity contribution in [2.75, 3.05) is 12.9 Å². The highest BCUT2D eigenvalue weighted by molar-refractivity contribution is 7.92. The van der Waals surface area contributed by atoms with Crippen LogP contribution in [0.1, 0.15) is 42.0 Å². The Morgan fingerprint density at radius 1 is 1.25 bits per heavy atom. The highest BCUT2D eigenvalue weighted by Gasteiger charge is 2.35. The van der Waals surface area contributed by atoms with Gasteiger partial charge in [-0.25, -0.2) is 8.42 Å². The smallest absolute Gasteiger partial charge is 0.155 e. The second-order valence-corrected chi connectivity index (χ2v) is 7.94. The Morgan fingerprint density at radius 2 is 1.95 bits per heavy atom. The van der Waals surface area contributed by atoms with Gasteiger partial charge in [-0.1, -0.05) is 12.5 Å². The Hall–Kier alpha value is -1.07. The first-order valence-electron chi connectivity index (χ1n) is 6.99. The van der Waals surface area contributed by atoms with Crippen molar-refractivity contribution in [3.63, 3.8) is 0 Å². The Labute approximate surface area is 121 Å². The number of ether oxygens (including phenoxy) is 1. The minimum Gasteiger partial charge on any atom is -0.496 e. The van der Waals surface area contributed by atoms with Crippen LogP contribution in [0.15, 0.2) is 12.1 Å². The molecular formula is C15H23NO3S. The molecule has 1 saturated heterocycles. The molecule has 2 rings (SSSR count). The zero-order valence-electron chi connectivity index (χ0n) is 12.3. The summed E-state index contributed by atoms with van der Waals surface area (Å²) < 4.78 is 29.7. The first kappa shape index (κ1) is 15.3. The molecule has 0 bridgehead atoms. The second-order valence-electron chi connectivity index (χ2n) is 5.61. The fourth-order valence-corrected chi connectivity index (χ4v) is 5.00. The quantitative estimate of drug-likeness (QED) is 0.929. The molecule has 0 spiro atoms. The standard InChI is InChI=1S/C15H23NO3S/c1-10-9-13(19-3)11(2)8-12(10)15(16)14-6-4-5-7-20(14,17)18/h8-9,14-15H,4-7,16H2,1-3H3. The second kappa shape index (κ2) is 5.74. The number of hydrogen-bond acceptors (Lipinski definition) is 4. The molecule has 0 saturated carbocycles. The summed E-state index contributed by atoms with van der Waals surface area (Å²) in [4.78, 5) is 0. The van der Waals surface area contributed by atoms with E-state index in [1.165, 1.54) is 0 Å². The lowest BCUT2D eigenvalue weighted by Crippen LogP contribution is -2.38. The molecule has 0 aromatic heterocycles. The molecule has 0 amide bonds. The SMILES string of the molecule is COc1cc(C)c(C(N)C2CCCCS2(=O)=O)cc1C. The number of sulfone groups is 1. The topological polar surface area (TPSA) is 69.4 Å². The van der Waals surface area contributed by atoms with Gasteiger partial charge in [0.1, 0.15) is 5.75 Å². The number of methoxy groups -OCH3 is 1. The molecule has 1 heterocycles. The van der Waals surface area contributed by atoms with Crippen LogP contribution < -0.4 is 10.5 Å². The number of hydrogen-bond donors (Lipinski definition) is 1. The van der Waals surface area contributed by atoms with E-state index in [0.29, 0.717) is 6.42 Å². The maximum Gasteiger partial charge on any atom is 0.155 e. The third-order valence-electron chi connectivity index (χ3n) is 4.17. The van der Waals surface area contributed by atoms with E-state index in [2.05, 4.69) is 0 Å². The first-order chi connectivity index (χ1) is 9.36. The number of benzene rings is 1. The van der Waals surface area contributed by atoms with Gasteiger partial charge in [0, 0.05) is 6.04 Å². The summed E-state index contributed by atoms with van der Waals surface area (Å²) in [7, 11) is -1.44. The summed E-state index contributed by atoms with van der Waals surface area (Å²) in [5.41, 5.74) is 9.17. The molecule has 4 nitrogen and oxygen atoms in total. The van der Waals surface area contributed by atoms with Crippen molar-refractivity contribution in [1.29, 1.82) is 0 Å². The largest absolute Gasteiger partial charge is 0.496 e. The van der Waals surface area contributed by atoms with Gasteiger partial charge in [-0.15, -0.1) is 0 Å². The van der Waals surface area contributed by atoms with Gasteiger partial charge in [-0.05, 0) is 49.4 Å². The van der Waals surface area contributed by atoms with Crippen LogP contribution in [0.4, 0.5) is 0 Å². The third kappa shape index (κ3) is 2.83. The van der Waals surface area contributed by atoms with Crippen LogP contribution in [0, 0.1) is 13.8 Å². The molecule has 1 aliphatic heterocycles. The molecule has 2 unspecified atom stereocenters. The molecule has 1 aromatic carbocycles. The molecule has 1 fully saturated rings. The van der Waals surface area contributed by atoms with E-state index in [4.69, 9.17) is 10.5 Å². The van der Waals surface area contributed by atoms with Gasteiger partial charge in [0.15, 0.2) is 9.84 Å². The lowest BCUT2D eigenvalue weighted by Gasteiger charge is -2.29. The van der Waals surface area contributed by atoms with E-state index >= 15 is 0 Å². The van der Waals surface area contributed by atoms with Gasteiger partial charge in [0.25, 0.3) is 0 Å². The fourth-order valence-electron chi connectivity index (χ4n) is 2.97. The number of aryl methyl sites for hydroxylation is 2. The van der Waals surface area contributed by atoms with E-state index in [1.807, 2.05) is 26.0 Å². The molecule has 0 aliphatic carbocycles. The van der Waals surface area contributed by atoms with Crippen LogP contribution in [-0.2, 0) is 9.84 Å². The first-order valence-corrected chi connectivity index (χ1v) is 8.70. The minimum absolute atomic E-state index is 0.263. The number of nitrogens with two attached hydrogens (primary N) is 1. The minimum atomic E-state index is -3.07. The van der Waals surface area contributed by atoms with Crippen molar-refractivity contribution in [2.24, 2.45) is 5.73 Å². The molecule has 2 N–H and O–H groups in total. The van der Waals surface area contributed by atoms with Crippen LogP contribution >= 0.6 is 0 Å². The third-order valence-corrected chi connectivity index (χ3v) is 6.48. The van der Waals surface area contributed by atoms with Gasteiger partial charge in [0.2, 0.25) is 0 Å². The fraction of sp³-hybridized carbons (Fsp3) is 0.600. The van der Waals surface area contributed by atoms with Crippen molar-refractivity contribution in [1.82, 2.24) is 0 Å². The van der Waals surface area contributed by atoms with Crippen molar-refractivity contribution in [3.05, 3.63) is 28.8 Å². The van der Waals surface area contributed by atoms with Crippen molar-refractivity contribution in [2.45, 2.75) is 44.4 Å². The van der Waals surface area contributed by atoms with E-state index < -0.39 is 21.1 Å². The zero-order valence-corrected chi connectivity index (χ0v) is 13.2. The van der Waals surface area contributed by atoms with E-state index in [-0.39, 0.29) is 5.75 Å². The van der Waals surface area contributed by atoms with Crippen molar-refractivity contribution >= 4 is 9.84 Å². The summed E-state index contributed by atoms with van der Waals surface area (Å²) >= 11 is 0. The maximum absolute atomic E-state index is 12.2. The molecule has 1 aliphatic rings. The summed E-state index contributed by atoms with van der Waals surface area (Å²) in [5, 5.41) is -0.456. The zero-order chi connectivity index (χ0) is 14.9. The van der Waals surface area contributed by atoms with Crippen LogP contribution in [0.25, 0.3) is 0 Å². The molecule has 112 valence electrons. The molecule has 20 heavy (non-hydrogen) atoms. The van der Waals surface area contributed by atoms with Gasteiger partial charge in [0.05, 0.1) is 18.1 Å². The van der Waals surface area contributed by atoms with Crippen molar-refractivity contribution in [3.8, 4) is 5.75 Å². The summed E-state index contributed by atoms with van der Waals surface area (Å²) in [6.07, 6.45) is 2.35. The average molecular weight is 297 g/mol. The number of rotatable bonds is 3. The van der Waals surface area contributed by atoms with Crippen molar-refractivity contribution < 1.29 is 13.2 Å². The predicted molar refractivity (Wildman–Crippen MR) is 80.8 cm³/mol. The summed E-state index contributed by atoms with van der Waals surface area (Å²) in [6, 6.07) is 3.44. The average Bonchev–Trinajstić information content (AvgIpc) is 2.39. The monoisotopic (exact) mass is 297 g/mol. The van der Waals surface area contributed by atoms with Gasteiger partial charge in [-0.3, -0.25) is 0 Å². The molecule has 5 heteroatoms. The van der Waals surface area contributed by atoms with Gasteiger partial charge in [-0.2, -0.15) is 0 Å². The van der Waals surface area contributed by atoms with Crippen LogP contribution in [0.5, 0.6) is 5.75 Å². The lowest BCUT2D eigenvalue weighted by atomic mass is 9.94. The molecule has 1 aromatic rings. The maximum atomic E-state index is 12.2. The Balaban J connectivity index is 2.38. The lowest BCUT2D eigenvalue weighted by molar-refractivity contribution is 0.411. The Kier molecular flexibility index (Phi) is 4.39. The van der Waals surface area contributed by atoms with Gasteiger partial charge >= 0.3 is 0 Å². The van der Waals surface area contributed by atoms with E-state index in [9.17, 15) is 8.42 Å². The molecular weight excluding hydrogens is 274 g/mol. The van der Waals surface area contributed by atoms with Crippen LogP contribution in [0.2, 0.25) is 0 Å². The summed E-state index contributed by atoms with van der Waals surface area (Å²) in [6.45, 7) is 3.90. The highest BCUT2D eigenvalue weighted by atomic mass is 32.2. The van der Waals surface area contributed by atoms with Gasteiger partial charge < -0.3 is 10.5 Å². The predicted octanol–water partition coefficient (Wildman–Crippen LogP) is 2.28. The van der Waals surface area contributed by atoms with Crippen LogP contribution in [-0.4, -0.2) is 26.5 Å². The molecule has 0 radical (unpaired) electrons. The van der Waals surface area contributed by atoms with E-state index in [0.717, 1.165) is 35.3 Å². The van der Waals surface area contributed by atoms with E-state index in [1.54, 1.807) is 7.11 Å². The Bertz CT molecular complexity index is 595. The normalized spacial score (nSPS) is 23.3.